The minimum absolute atomic E-state index is 0.0398. The summed E-state index contributed by atoms with van der Waals surface area (Å²) >= 11 is 0. The molecule has 0 amide bonds. The van der Waals surface area contributed by atoms with Gasteiger partial charge in [-0.3, -0.25) is 14.2 Å². The average Bonchev–Trinajstić information content (AvgIpc) is 3.34. The number of hydrogen-bond donors (Lipinski definition) is 0. The Morgan fingerprint density at radius 2 is 0.792 bits per heavy atom. The number of quaternary nitrogens is 1. The molecule has 0 spiro atoms. The summed E-state index contributed by atoms with van der Waals surface area (Å²) in [7, 11) is 1.14. The molecular formula is C62H114NO8P. The topological polar surface area (TPSA) is 111 Å². The first-order valence-electron chi connectivity index (χ1n) is 30.0. The van der Waals surface area contributed by atoms with E-state index in [1.54, 1.807) is 0 Å². The van der Waals surface area contributed by atoms with E-state index in [2.05, 4.69) is 74.6 Å². The van der Waals surface area contributed by atoms with Crippen LogP contribution in [-0.2, 0) is 32.7 Å². The van der Waals surface area contributed by atoms with Crippen molar-refractivity contribution in [3.63, 3.8) is 0 Å². The zero-order chi connectivity index (χ0) is 52.7. The van der Waals surface area contributed by atoms with Crippen LogP contribution in [0.4, 0.5) is 0 Å². The molecule has 0 aliphatic heterocycles. The van der Waals surface area contributed by atoms with Crippen molar-refractivity contribution in [2.75, 3.05) is 47.5 Å². The lowest BCUT2D eigenvalue weighted by Gasteiger charge is -2.28. The van der Waals surface area contributed by atoms with Crippen molar-refractivity contribution >= 4 is 19.8 Å². The minimum Gasteiger partial charge on any atom is -0.756 e. The third-order valence-corrected chi connectivity index (χ3v) is 14.0. The fraction of sp³-hybridized carbons (Fsp3) is 0.806. The molecule has 0 fully saturated rings. The average molecular weight is 1030 g/mol. The molecule has 2 unspecified atom stereocenters. The van der Waals surface area contributed by atoms with Gasteiger partial charge >= 0.3 is 11.9 Å². The van der Waals surface area contributed by atoms with E-state index in [9.17, 15) is 19.0 Å². The molecule has 0 bridgehead atoms. The third kappa shape index (κ3) is 57.0. The van der Waals surface area contributed by atoms with Crippen LogP contribution < -0.4 is 4.89 Å². The minimum atomic E-state index is -4.65. The monoisotopic (exact) mass is 1030 g/mol. The lowest BCUT2D eigenvalue weighted by Crippen LogP contribution is -2.37. The lowest BCUT2D eigenvalue weighted by molar-refractivity contribution is -0.870. The van der Waals surface area contributed by atoms with E-state index in [0.29, 0.717) is 17.4 Å². The van der Waals surface area contributed by atoms with Gasteiger partial charge in [0.05, 0.1) is 27.7 Å². The van der Waals surface area contributed by atoms with Crippen molar-refractivity contribution in [1.82, 2.24) is 0 Å². The second-order valence-corrected chi connectivity index (χ2v) is 22.7. The van der Waals surface area contributed by atoms with Gasteiger partial charge in [0.1, 0.15) is 19.8 Å². The van der Waals surface area contributed by atoms with Crippen LogP contribution in [0.2, 0.25) is 0 Å². The number of carbonyl (C=O) groups is 2. The fourth-order valence-electron chi connectivity index (χ4n) is 8.41. The zero-order valence-corrected chi connectivity index (χ0v) is 48.5. The first-order valence-corrected chi connectivity index (χ1v) is 31.5. The number of rotatable bonds is 55. The Hall–Kier alpha value is -2.29. The van der Waals surface area contributed by atoms with Crippen molar-refractivity contribution in [2.24, 2.45) is 0 Å². The standard InChI is InChI=1S/C62H114NO8P/c1-6-8-10-12-14-16-18-20-22-23-24-25-26-27-28-29-30-31-32-33-34-35-36-37-38-39-41-42-44-46-48-50-52-54-61(64)68-58-60(59-70-72(66,67)69-57-56-63(3,4)5)71-62(65)55-53-51-49-47-45-43-40-21-19-17-15-13-11-9-7-2/h9,11,15,17,21,23-24,40,45,47,60H,6-8,10,12-14,16,18-20,22,25-39,41-44,46,48-59H2,1-5H3/b11-9-,17-15-,24-23-,40-21-,47-45-. The number of phosphoric acid groups is 1. The van der Waals surface area contributed by atoms with Crippen molar-refractivity contribution < 1.29 is 42.1 Å². The molecule has 0 saturated carbocycles. The highest BCUT2D eigenvalue weighted by Crippen LogP contribution is 2.38. The van der Waals surface area contributed by atoms with Crippen molar-refractivity contribution in [3.8, 4) is 0 Å². The molecule has 0 rings (SSSR count). The molecule has 0 heterocycles. The number of unbranched alkanes of at least 4 members (excludes halogenated alkanes) is 31. The Kier molecular flexibility index (Phi) is 51.8. The molecule has 9 nitrogen and oxygen atoms in total. The second-order valence-electron chi connectivity index (χ2n) is 21.3. The fourth-order valence-corrected chi connectivity index (χ4v) is 9.14. The summed E-state index contributed by atoms with van der Waals surface area (Å²) in [5.74, 6) is -0.876. The molecule has 0 N–H and O–H groups in total. The van der Waals surface area contributed by atoms with Crippen molar-refractivity contribution in [1.29, 1.82) is 0 Å². The van der Waals surface area contributed by atoms with Crippen LogP contribution in [0.1, 0.15) is 271 Å². The number of ether oxygens (including phenoxy) is 2. The second kappa shape index (κ2) is 53.5. The van der Waals surface area contributed by atoms with Crippen LogP contribution in [0.5, 0.6) is 0 Å². The van der Waals surface area contributed by atoms with E-state index in [1.165, 1.54) is 180 Å². The van der Waals surface area contributed by atoms with Gasteiger partial charge in [-0.2, -0.15) is 0 Å². The van der Waals surface area contributed by atoms with Crippen LogP contribution in [0.15, 0.2) is 60.8 Å². The summed E-state index contributed by atoms with van der Waals surface area (Å²) in [6.07, 6.45) is 68.8. The number of allylic oxidation sites excluding steroid dienone is 10. The third-order valence-electron chi connectivity index (χ3n) is 13.0. The summed E-state index contributed by atoms with van der Waals surface area (Å²) in [6, 6.07) is 0. The van der Waals surface area contributed by atoms with Crippen LogP contribution in [0.3, 0.4) is 0 Å². The first kappa shape index (κ1) is 69.7. The van der Waals surface area contributed by atoms with Gasteiger partial charge in [0, 0.05) is 12.8 Å². The molecule has 0 aromatic rings. The van der Waals surface area contributed by atoms with Crippen LogP contribution >= 0.6 is 7.82 Å². The zero-order valence-electron chi connectivity index (χ0n) is 47.6. The van der Waals surface area contributed by atoms with E-state index < -0.39 is 32.5 Å². The number of nitrogens with zero attached hydrogens (tertiary/aromatic N) is 1. The Labute approximate surface area is 445 Å². The number of carbonyl (C=O) groups excluding carboxylic acids is 2. The summed E-state index contributed by atoms with van der Waals surface area (Å²) in [6.45, 7) is 4.09. The molecule has 0 aliphatic rings. The van der Waals surface area contributed by atoms with Gasteiger partial charge < -0.3 is 27.9 Å². The van der Waals surface area contributed by atoms with Crippen LogP contribution in [-0.4, -0.2) is 70.0 Å². The van der Waals surface area contributed by atoms with E-state index in [-0.39, 0.29) is 26.1 Å². The smallest absolute Gasteiger partial charge is 0.306 e. The van der Waals surface area contributed by atoms with E-state index >= 15 is 0 Å². The predicted molar refractivity (Wildman–Crippen MR) is 305 cm³/mol. The maximum Gasteiger partial charge on any atom is 0.306 e. The van der Waals surface area contributed by atoms with Gasteiger partial charge in [-0.15, -0.1) is 0 Å². The quantitative estimate of drug-likeness (QED) is 0.0195. The molecule has 0 saturated heterocycles. The lowest BCUT2D eigenvalue weighted by atomic mass is 10.0. The molecule has 0 aromatic carbocycles. The molecule has 0 aliphatic carbocycles. The molecular weight excluding hydrogens is 918 g/mol. The first-order chi connectivity index (χ1) is 35.0. The SMILES string of the molecule is CC/C=C\C/C=C\C/C=C\C/C=C\CCCCC(=O)OC(COC(=O)CCCCCCCCCCCCCCCCCCCCCCC/C=C\CCCCCCCCCC)COP(=O)([O-])OCC[N+](C)(C)C. The summed E-state index contributed by atoms with van der Waals surface area (Å²) in [5.41, 5.74) is 0. The Morgan fingerprint density at radius 1 is 0.444 bits per heavy atom. The maximum atomic E-state index is 12.7. The van der Waals surface area contributed by atoms with Gasteiger partial charge in [-0.1, -0.05) is 242 Å². The highest BCUT2D eigenvalue weighted by Gasteiger charge is 2.21. The van der Waals surface area contributed by atoms with E-state index in [1.807, 2.05) is 21.1 Å². The molecule has 72 heavy (non-hydrogen) atoms. The molecule has 2 atom stereocenters. The Bertz CT molecular complexity index is 1400. The van der Waals surface area contributed by atoms with Crippen LogP contribution in [0.25, 0.3) is 0 Å². The van der Waals surface area contributed by atoms with Crippen molar-refractivity contribution in [3.05, 3.63) is 60.8 Å². The molecule has 0 radical (unpaired) electrons. The van der Waals surface area contributed by atoms with Crippen molar-refractivity contribution in [2.45, 2.75) is 277 Å². The number of likely N-dealkylation sites (N-methyl/N-ethyl adjacent to an activating group) is 1. The highest BCUT2D eigenvalue weighted by molar-refractivity contribution is 7.45. The summed E-state index contributed by atoms with van der Waals surface area (Å²) in [4.78, 5) is 37.8. The predicted octanol–water partition coefficient (Wildman–Crippen LogP) is 18.1. The molecule has 0 aromatic heterocycles. The summed E-state index contributed by atoms with van der Waals surface area (Å²) < 4.78 is 34.1. The van der Waals surface area contributed by atoms with Gasteiger partial charge in [-0.25, -0.2) is 0 Å². The van der Waals surface area contributed by atoms with Gasteiger partial charge in [0.25, 0.3) is 7.82 Å². The largest absolute Gasteiger partial charge is 0.756 e. The maximum absolute atomic E-state index is 12.7. The highest BCUT2D eigenvalue weighted by atomic mass is 31.2. The van der Waals surface area contributed by atoms with Crippen LogP contribution in [0, 0.1) is 0 Å². The number of esters is 2. The number of hydrogen-bond acceptors (Lipinski definition) is 8. The van der Waals surface area contributed by atoms with Gasteiger partial charge in [0.2, 0.25) is 0 Å². The normalized spacial score (nSPS) is 13.7. The number of phosphoric ester groups is 1. The van der Waals surface area contributed by atoms with Gasteiger partial charge in [0.15, 0.2) is 6.10 Å². The summed E-state index contributed by atoms with van der Waals surface area (Å²) in [5, 5.41) is 0. The Balaban J connectivity index is 4.00. The molecule has 10 heteroatoms. The van der Waals surface area contributed by atoms with E-state index in [4.69, 9.17) is 18.5 Å². The van der Waals surface area contributed by atoms with E-state index in [0.717, 1.165) is 57.8 Å². The Morgan fingerprint density at radius 3 is 1.22 bits per heavy atom. The van der Waals surface area contributed by atoms with Gasteiger partial charge in [-0.05, 0) is 77.0 Å². The molecule has 420 valence electrons.